The van der Waals surface area contributed by atoms with Crippen LogP contribution in [0.15, 0.2) is 42.5 Å². The zero-order valence-corrected chi connectivity index (χ0v) is 12.9. The molecule has 3 heteroatoms. The molecule has 1 aliphatic heterocycles. The van der Waals surface area contributed by atoms with Crippen LogP contribution in [0.2, 0.25) is 0 Å². The van der Waals surface area contributed by atoms with Gasteiger partial charge in [-0.2, -0.15) is 0 Å². The van der Waals surface area contributed by atoms with Crippen molar-refractivity contribution >= 4 is 5.78 Å². The van der Waals surface area contributed by atoms with Crippen LogP contribution in [0, 0.1) is 0 Å². The second kappa shape index (κ2) is 4.43. The van der Waals surface area contributed by atoms with Crippen LogP contribution in [-0.2, 0) is 10.5 Å². The monoisotopic (exact) mass is 294 g/mol. The Hall–Kier alpha value is -2.13. The maximum absolute atomic E-state index is 12.9. The van der Waals surface area contributed by atoms with Crippen molar-refractivity contribution in [3.8, 4) is 5.75 Å². The molecule has 0 spiro atoms. The minimum absolute atomic E-state index is 0.0773. The Labute approximate surface area is 129 Å². The number of methoxy groups -OCH3 is 1. The van der Waals surface area contributed by atoms with Gasteiger partial charge in [-0.05, 0) is 17.5 Å². The van der Waals surface area contributed by atoms with Gasteiger partial charge in [0.05, 0.1) is 0 Å². The third-order valence-corrected chi connectivity index (χ3v) is 4.79. The summed E-state index contributed by atoms with van der Waals surface area (Å²) in [6.45, 7) is 4.29. The van der Waals surface area contributed by atoms with E-state index < -0.39 is 11.7 Å². The normalized spacial score (nSPS) is 24.9. The predicted octanol–water partition coefficient (Wildman–Crippen LogP) is 3.98. The van der Waals surface area contributed by atoms with E-state index in [4.69, 9.17) is 9.47 Å². The molecule has 2 aromatic rings. The van der Waals surface area contributed by atoms with Crippen LogP contribution < -0.4 is 4.74 Å². The average Bonchev–Trinajstić information content (AvgIpc) is 2.99. The SMILES string of the molecule is CO[C@]12Oc3cc(C(C)C)ccc3[C@H]1C(=O)c1ccccc12. The van der Waals surface area contributed by atoms with Crippen molar-refractivity contribution in [1.29, 1.82) is 0 Å². The smallest absolute Gasteiger partial charge is 0.252 e. The van der Waals surface area contributed by atoms with Crippen molar-refractivity contribution in [1.82, 2.24) is 0 Å². The summed E-state index contributed by atoms with van der Waals surface area (Å²) in [5.74, 6) is -0.164. The summed E-state index contributed by atoms with van der Waals surface area (Å²) < 4.78 is 12.0. The molecule has 4 rings (SSSR count). The molecule has 0 saturated heterocycles. The molecule has 0 fully saturated rings. The number of hydrogen-bond donors (Lipinski definition) is 0. The van der Waals surface area contributed by atoms with E-state index in [-0.39, 0.29) is 5.78 Å². The van der Waals surface area contributed by atoms with Gasteiger partial charge in [-0.15, -0.1) is 0 Å². The summed E-state index contributed by atoms with van der Waals surface area (Å²) in [6.07, 6.45) is 0. The molecular formula is C19H18O3. The predicted molar refractivity (Wildman–Crippen MR) is 83.4 cm³/mol. The van der Waals surface area contributed by atoms with Gasteiger partial charge >= 0.3 is 0 Å². The molecule has 0 radical (unpaired) electrons. The second-order valence-electron chi connectivity index (χ2n) is 6.27. The Morgan fingerprint density at radius 2 is 1.95 bits per heavy atom. The lowest BCUT2D eigenvalue weighted by Crippen LogP contribution is -2.35. The molecule has 1 aliphatic carbocycles. The van der Waals surface area contributed by atoms with Gasteiger partial charge in [0.25, 0.3) is 5.79 Å². The van der Waals surface area contributed by atoms with E-state index in [1.165, 1.54) is 5.56 Å². The van der Waals surface area contributed by atoms with E-state index >= 15 is 0 Å². The van der Waals surface area contributed by atoms with Crippen LogP contribution in [0.5, 0.6) is 5.75 Å². The molecule has 0 aromatic heterocycles. The van der Waals surface area contributed by atoms with Crippen molar-refractivity contribution in [3.63, 3.8) is 0 Å². The number of ether oxygens (including phenoxy) is 2. The van der Waals surface area contributed by atoms with Gasteiger partial charge in [-0.25, -0.2) is 0 Å². The average molecular weight is 294 g/mol. The molecule has 0 bridgehead atoms. The van der Waals surface area contributed by atoms with Crippen LogP contribution in [0.25, 0.3) is 0 Å². The first-order valence-electron chi connectivity index (χ1n) is 7.60. The first-order chi connectivity index (χ1) is 10.6. The summed E-state index contributed by atoms with van der Waals surface area (Å²) >= 11 is 0. The van der Waals surface area contributed by atoms with E-state index in [2.05, 4.69) is 19.9 Å². The molecule has 22 heavy (non-hydrogen) atoms. The highest BCUT2D eigenvalue weighted by atomic mass is 16.7. The minimum Gasteiger partial charge on any atom is -0.456 e. The topological polar surface area (TPSA) is 35.5 Å². The lowest BCUT2D eigenvalue weighted by atomic mass is 9.91. The number of ketones is 1. The highest BCUT2D eigenvalue weighted by Gasteiger charge is 2.60. The molecule has 2 atom stereocenters. The Bertz CT molecular complexity index is 778. The van der Waals surface area contributed by atoms with Crippen molar-refractivity contribution < 1.29 is 14.3 Å². The summed E-state index contributed by atoms with van der Waals surface area (Å²) in [4.78, 5) is 12.9. The Morgan fingerprint density at radius 1 is 1.18 bits per heavy atom. The van der Waals surface area contributed by atoms with Crippen molar-refractivity contribution in [3.05, 3.63) is 64.7 Å². The number of carbonyl (C=O) groups is 1. The van der Waals surface area contributed by atoms with Crippen LogP contribution in [-0.4, -0.2) is 12.9 Å². The maximum atomic E-state index is 12.9. The van der Waals surface area contributed by atoms with Gasteiger partial charge in [-0.3, -0.25) is 4.79 Å². The molecule has 112 valence electrons. The zero-order chi connectivity index (χ0) is 15.5. The van der Waals surface area contributed by atoms with E-state index in [1.54, 1.807) is 7.11 Å². The van der Waals surface area contributed by atoms with Gasteiger partial charge in [0.15, 0.2) is 5.78 Å². The Kier molecular flexibility index (Phi) is 2.73. The molecule has 1 heterocycles. The number of benzene rings is 2. The van der Waals surface area contributed by atoms with Crippen molar-refractivity contribution in [2.24, 2.45) is 0 Å². The quantitative estimate of drug-likeness (QED) is 0.840. The van der Waals surface area contributed by atoms with Gasteiger partial charge in [-0.1, -0.05) is 50.2 Å². The fourth-order valence-electron chi connectivity index (χ4n) is 3.62. The molecule has 2 aromatic carbocycles. The van der Waals surface area contributed by atoms with E-state index in [0.29, 0.717) is 11.5 Å². The lowest BCUT2D eigenvalue weighted by molar-refractivity contribution is -0.162. The Morgan fingerprint density at radius 3 is 2.68 bits per heavy atom. The number of fused-ring (bicyclic) bond motifs is 5. The summed E-state index contributed by atoms with van der Waals surface area (Å²) in [5, 5.41) is 0. The number of Topliss-reactive ketones (excluding diaryl/α,β-unsaturated/α-hetero) is 1. The molecule has 2 aliphatic rings. The maximum Gasteiger partial charge on any atom is 0.252 e. The molecule has 0 saturated carbocycles. The van der Waals surface area contributed by atoms with Crippen LogP contribution in [0.3, 0.4) is 0 Å². The van der Waals surface area contributed by atoms with Crippen LogP contribution in [0.4, 0.5) is 0 Å². The summed E-state index contributed by atoms with van der Waals surface area (Å²) in [5.41, 5.74) is 3.65. The fourth-order valence-corrected chi connectivity index (χ4v) is 3.62. The standard InChI is InChI=1S/C19H18O3/c1-11(2)12-8-9-14-16(10-12)22-19(21-3)15-7-5-4-6-13(15)18(20)17(14)19/h4-11,17H,1-3H3/t17-,19+/m0/s1. The van der Waals surface area contributed by atoms with Crippen LogP contribution in [0.1, 0.15) is 52.7 Å². The summed E-state index contributed by atoms with van der Waals surface area (Å²) in [7, 11) is 1.61. The third-order valence-electron chi connectivity index (χ3n) is 4.79. The Balaban J connectivity index is 1.92. The molecule has 0 unspecified atom stereocenters. The lowest BCUT2D eigenvalue weighted by Gasteiger charge is -2.27. The van der Waals surface area contributed by atoms with Gasteiger partial charge < -0.3 is 9.47 Å². The number of rotatable bonds is 2. The molecule has 0 amide bonds. The number of hydrogen-bond acceptors (Lipinski definition) is 3. The fraction of sp³-hybridized carbons (Fsp3) is 0.316. The van der Waals surface area contributed by atoms with Gasteiger partial charge in [0.2, 0.25) is 0 Å². The third kappa shape index (κ3) is 1.52. The van der Waals surface area contributed by atoms with E-state index in [1.807, 2.05) is 36.4 Å². The zero-order valence-electron chi connectivity index (χ0n) is 12.9. The van der Waals surface area contributed by atoms with Crippen LogP contribution >= 0.6 is 0 Å². The second-order valence-corrected chi connectivity index (χ2v) is 6.27. The minimum atomic E-state index is -1.01. The molecular weight excluding hydrogens is 276 g/mol. The first-order valence-corrected chi connectivity index (χ1v) is 7.60. The largest absolute Gasteiger partial charge is 0.456 e. The van der Waals surface area contributed by atoms with Gasteiger partial charge in [0, 0.05) is 23.8 Å². The molecule has 3 nitrogen and oxygen atoms in total. The van der Waals surface area contributed by atoms with Crippen molar-refractivity contribution in [2.75, 3.05) is 7.11 Å². The van der Waals surface area contributed by atoms with Crippen molar-refractivity contribution in [2.45, 2.75) is 31.5 Å². The number of carbonyl (C=O) groups excluding carboxylic acids is 1. The van der Waals surface area contributed by atoms with E-state index in [0.717, 1.165) is 16.9 Å². The van der Waals surface area contributed by atoms with Gasteiger partial charge in [0.1, 0.15) is 11.7 Å². The highest BCUT2D eigenvalue weighted by molar-refractivity contribution is 6.07. The summed E-state index contributed by atoms with van der Waals surface area (Å²) in [6, 6.07) is 13.7. The first kappa shape index (κ1) is 13.5. The molecule has 0 N–H and O–H groups in total. The highest BCUT2D eigenvalue weighted by Crippen LogP contribution is 2.57. The van der Waals surface area contributed by atoms with E-state index in [9.17, 15) is 4.79 Å².